The molecule has 2 aromatic rings. The van der Waals surface area contributed by atoms with Gasteiger partial charge < -0.3 is 25.6 Å². The fourth-order valence-electron chi connectivity index (χ4n) is 6.31. The van der Waals surface area contributed by atoms with E-state index in [0.717, 1.165) is 18.4 Å². The largest absolute Gasteiger partial charge is 0.474 e. The molecule has 1 fully saturated rings. The van der Waals surface area contributed by atoms with Crippen molar-refractivity contribution in [1.29, 1.82) is 0 Å². The van der Waals surface area contributed by atoms with E-state index in [1.165, 1.54) is 23.1 Å². The second kappa shape index (κ2) is 14.1. The molecule has 47 heavy (non-hydrogen) atoms. The Morgan fingerprint density at radius 1 is 1.04 bits per heavy atom. The van der Waals surface area contributed by atoms with E-state index in [-0.39, 0.29) is 41.8 Å². The maximum absolute atomic E-state index is 14.2. The van der Waals surface area contributed by atoms with Gasteiger partial charge in [0.2, 0.25) is 23.6 Å². The quantitative estimate of drug-likeness (QED) is 0.449. The molecule has 0 saturated carbocycles. The van der Waals surface area contributed by atoms with E-state index in [2.05, 4.69) is 34.8 Å². The van der Waals surface area contributed by atoms with Gasteiger partial charge in [-0.05, 0) is 38.2 Å². The van der Waals surface area contributed by atoms with Crippen molar-refractivity contribution in [1.82, 2.24) is 25.8 Å². The van der Waals surface area contributed by atoms with E-state index < -0.39 is 42.2 Å². The van der Waals surface area contributed by atoms with Crippen molar-refractivity contribution in [2.45, 2.75) is 95.7 Å². The normalized spacial score (nSPS) is 30.6. The first-order valence-electron chi connectivity index (χ1n) is 16.3. The number of ether oxygens (including phenoxy) is 1. The first-order chi connectivity index (χ1) is 22.6. The monoisotopic (exact) mass is 679 g/mol. The highest BCUT2D eigenvalue weighted by molar-refractivity contribution is 8.14. The Labute approximate surface area is 282 Å². The minimum Gasteiger partial charge on any atom is -0.474 e. The van der Waals surface area contributed by atoms with Crippen LogP contribution in [0.3, 0.4) is 0 Å². The predicted molar refractivity (Wildman–Crippen MR) is 182 cm³/mol. The zero-order valence-corrected chi connectivity index (χ0v) is 28.6. The predicted octanol–water partition coefficient (Wildman–Crippen LogP) is 2.90. The number of nitrogens with zero attached hydrogens (tertiary/aromatic N) is 4. The highest BCUT2D eigenvalue weighted by atomic mass is 32.2. The van der Waals surface area contributed by atoms with Crippen molar-refractivity contribution < 1.29 is 23.9 Å². The lowest BCUT2D eigenvalue weighted by atomic mass is 9.99. The van der Waals surface area contributed by atoms with E-state index in [9.17, 15) is 19.2 Å². The molecule has 4 amide bonds. The average molecular weight is 680 g/mol. The Kier molecular flexibility index (Phi) is 9.97. The molecule has 6 rings (SSSR count). The number of carbonyl (C=O) groups excluding carboxylic acids is 4. The van der Waals surface area contributed by atoms with Gasteiger partial charge in [-0.15, -0.1) is 23.1 Å². The van der Waals surface area contributed by atoms with Crippen LogP contribution in [0.2, 0.25) is 0 Å². The molecule has 4 aliphatic rings. The summed E-state index contributed by atoms with van der Waals surface area (Å²) in [7, 11) is 0. The molecular formula is C33H41N7O5S2. The number of hydrogen-bond donors (Lipinski definition) is 3. The minimum atomic E-state index is -0.872. The van der Waals surface area contributed by atoms with Crippen LogP contribution in [0.4, 0.5) is 0 Å². The number of benzene rings is 1. The van der Waals surface area contributed by atoms with Crippen LogP contribution >= 0.6 is 23.1 Å². The Morgan fingerprint density at radius 2 is 1.83 bits per heavy atom. The van der Waals surface area contributed by atoms with Crippen LogP contribution < -0.4 is 16.0 Å². The summed E-state index contributed by atoms with van der Waals surface area (Å²) in [6, 6.07) is 5.96. The number of hydrogen-bond acceptors (Lipinski definition) is 10. The van der Waals surface area contributed by atoms with Gasteiger partial charge in [-0.2, -0.15) is 0 Å². The molecule has 12 nitrogen and oxygen atoms in total. The smallest absolute Gasteiger partial charge is 0.271 e. The van der Waals surface area contributed by atoms with Gasteiger partial charge in [0.05, 0.1) is 17.1 Å². The van der Waals surface area contributed by atoms with Gasteiger partial charge in [0, 0.05) is 24.1 Å². The summed E-state index contributed by atoms with van der Waals surface area (Å²) < 4.78 is 6.18. The fourth-order valence-corrected chi connectivity index (χ4v) is 8.35. The topological polar surface area (TPSA) is 154 Å². The lowest BCUT2D eigenvalue weighted by molar-refractivity contribution is -0.133. The molecule has 14 heteroatoms. The zero-order chi connectivity index (χ0) is 33.2. The molecule has 3 N–H and O–H groups in total. The summed E-state index contributed by atoms with van der Waals surface area (Å²) in [5.74, 6) is -0.360. The molecule has 1 aromatic heterocycles. The van der Waals surface area contributed by atoms with Gasteiger partial charge in [-0.25, -0.2) is 9.98 Å². The van der Waals surface area contributed by atoms with E-state index >= 15 is 0 Å². The van der Waals surface area contributed by atoms with E-state index in [4.69, 9.17) is 14.7 Å². The Bertz CT molecular complexity index is 1580. The van der Waals surface area contributed by atoms with Crippen LogP contribution in [0.15, 0.2) is 45.7 Å². The number of rotatable bonds is 4. The molecule has 4 aliphatic heterocycles. The van der Waals surface area contributed by atoms with Crippen LogP contribution in [0, 0.1) is 5.92 Å². The van der Waals surface area contributed by atoms with E-state index in [0.29, 0.717) is 34.7 Å². The second-order valence-corrected chi connectivity index (χ2v) is 14.5. The maximum Gasteiger partial charge on any atom is 0.271 e. The average Bonchev–Trinajstić information content (AvgIpc) is 3.89. The molecule has 8 atom stereocenters. The second-order valence-electron chi connectivity index (χ2n) is 12.6. The summed E-state index contributed by atoms with van der Waals surface area (Å²) in [6.45, 7) is 8.21. The van der Waals surface area contributed by atoms with Gasteiger partial charge in [0.15, 0.2) is 6.04 Å². The third-order valence-corrected chi connectivity index (χ3v) is 11.4. The van der Waals surface area contributed by atoms with Crippen molar-refractivity contribution in [3.63, 3.8) is 0 Å². The number of aliphatic imine (C=N–C) groups is 2. The first-order valence-corrected chi connectivity index (χ1v) is 18.2. The van der Waals surface area contributed by atoms with Gasteiger partial charge >= 0.3 is 0 Å². The van der Waals surface area contributed by atoms with Gasteiger partial charge in [-0.3, -0.25) is 24.2 Å². The number of aromatic nitrogens is 1. The number of nitrogens with one attached hydrogen (secondary N) is 3. The molecule has 1 saturated heterocycles. The third-order valence-electron chi connectivity index (χ3n) is 9.23. The van der Waals surface area contributed by atoms with Gasteiger partial charge in [0.1, 0.15) is 34.9 Å². The summed E-state index contributed by atoms with van der Waals surface area (Å²) >= 11 is 2.75. The number of thiazole rings is 1. The standard InChI is InChI=1S/C33H41N7O5S2/c1-5-17(2)25-32-37-22(16-47-32)27(41)34-18(3)31-36-23(15-46-31)28(42)35-21(14-20-10-7-6-8-11-20)33(44)40-13-9-12-24(40)30-39-26(19(4)45-30)29(43)38-25/h6-8,10-11,15,17-19,21-22,24-26H,5,9,12-14,16H2,1-4H3,(H,34,41)(H,35,42)(H,38,43)/t17?,18-,19+,21-,22?,24-,25-,26?/m0/s1. The molecule has 0 aliphatic carbocycles. The van der Waals surface area contributed by atoms with Crippen LogP contribution in [0.25, 0.3) is 0 Å². The van der Waals surface area contributed by atoms with Crippen molar-refractivity contribution >= 4 is 57.7 Å². The highest BCUT2D eigenvalue weighted by Crippen LogP contribution is 2.29. The lowest BCUT2D eigenvalue weighted by Gasteiger charge is -2.29. The number of fused-ring (bicyclic) bond motifs is 6. The molecular weight excluding hydrogens is 639 g/mol. The minimum absolute atomic E-state index is 0.0666. The van der Waals surface area contributed by atoms with Crippen LogP contribution in [-0.2, 0) is 25.5 Å². The summed E-state index contributed by atoms with van der Waals surface area (Å²) in [6.07, 6.45) is 1.92. The molecule has 1 aromatic carbocycles. The van der Waals surface area contributed by atoms with Crippen LogP contribution in [0.5, 0.6) is 0 Å². The summed E-state index contributed by atoms with van der Waals surface area (Å²) in [5, 5.41) is 12.0. The van der Waals surface area contributed by atoms with Crippen molar-refractivity contribution in [2.24, 2.45) is 15.9 Å². The number of amides is 4. The highest BCUT2D eigenvalue weighted by Gasteiger charge is 2.44. The Balaban J connectivity index is 1.35. The third kappa shape index (κ3) is 7.08. The van der Waals surface area contributed by atoms with E-state index in [1.54, 1.807) is 10.3 Å². The fraction of sp³-hybridized carbons (Fsp3) is 0.545. The lowest BCUT2D eigenvalue weighted by Crippen LogP contribution is -2.52. The number of thioether (sulfide) groups is 1. The Morgan fingerprint density at radius 3 is 2.60 bits per heavy atom. The summed E-state index contributed by atoms with van der Waals surface area (Å²) in [5.41, 5.74) is 1.08. The molecule has 6 bridgehead atoms. The maximum atomic E-state index is 14.2. The van der Waals surface area contributed by atoms with Crippen molar-refractivity contribution in [3.8, 4) is 0 Å². The molecule has 250 valence electrons. The Hall–Kier alpha value is -3.78. The molecule has 3 unspecified atom stereocenters. The van der Waals surface area contributed by atoms with Gasteiger partial charge in [0.25, 0.3) is 5.91 Å². The molecule has 0 radical (unpaired) electrons. The first kappa shape index (κ1) is 33.1. The number of carbonyl (C=O) groups is 4. The van der Waals surface area contributed by atoms with Crippen LogP contribution in [0.1, 0.15) is 74.1 Å². The molecule has 5 heterocycles. The summed E-state index contributed by atoms with van der Waals surface area (Å²) in [4.78, 5) is 70.6. The zero-order valence-electron chi connectivity index (χ0n) is 27.0. The molecule has 0 spiro atoms. The SMILES string of the molecule is CCC(C)[C@@H]1NC(=O)C2N=C(O[C@@H]2C)[C@@H]2CCCN2C(=O)[C@H](Cc2ccccc2)NC(=O)c2csc(n2)[C@H](C)NC(=O)C2CSC1=N2. The van der Waals surface area contributed by atoms with Crippen LogP contribution in [-0.4, -0.2) is 93.1 Å². The van der Waals surface area contributed by atoms with Gasteiger partial charge in [-0.1, -0.05) is 50.6 Å². The van der Waals surface area contributed by atoms with Crippen molar-refractivity contribution in [3.05, 3.63) is 52.0 Å². The van der Waals surface area contributed by atoms with Crippen molar-refractivity contribution in [2.75, 3.05) is 12.3 Å². The van der Waals surface area contributed by atoms with E-state index in [1.807, 2.05) is 44.2 Å².